The summed E-state index contributed by atoms with van der Waals surface area (Å²) >= 11 is 0. The van der Waals surface area contributed by atoms with Crippen molar-refractivity contribution < 1.29 is 19.5 Å². The van der Waals surface area contributed by atoms with Crippen molar-refractivity contribution >= 4 is 17.8 Å². The lowest BCUT2D eigenvalue weighted by atomic mass is 9.86. The maximum absolute atomic E-state index is 12.1. The predicted octanol–water partition coefficient (Wildman–Crippen LogP) is 0.616. The Morgan fingerprint density at radius 1 is 1.40 bits per heavy atom. The number of likely N-dealkylation sites (tertiary alicyclic amines) is 1. The summed E-state index contributed by atoms with van der Waals surface area (Å²) in [4.78, 5) is 36.7. The molecule has 2 fully saturated rings. The molecule has 6 heteroatoms. The lowest BCUT2D eigenvalue weighted by Crippen LogP contribution is -2.43. The second kappa shape index (κ2) is 5.81. The molecule has 1 saturated heterocycles. The number of carboxylic acid groups (broad SMARTS) is 1. The van der Waals surface area contributed by atoms with Crippen LogP contribution in [0, 0.1) is 11.3 Å². The molecule has 0 aromatic heterocycles. The van der Waals surface area contributed by atoms with E-state index < -0.39 is 11.4 Å². The smallest absolute Gasteiger partial charge is 0.311 e. The number of nitrogens with zero attached hydrogens (tertiary/aromatic N) is 1. The van der Waals surface area contributed by atoms with E-state index in [-0.39, 0.29) is 30.7 Å². The molecule has 0 radical (unpaired) electrons. The number of carbonyl (C=O) groups excluding carboxylic acids is 2. The molecule has 2 aliphatic rings. The number of hydrogen-bond acceptors (Lipinski definition) is 3. The Labute approximate surface area is 118 Å². The summed E-state index contributed by atoms with van der Waals surface area (Å²) in [6.07, 6.45) is 3.27. The van der Waals surface area contributed by atoms with Crippen molar-refractivity contribution in [1.82, 2.24) is 10.2 Å². The largest absolute Gasteiger partial charge is 0.481 e. The lowest BCUT2D eigenvalue weighted by molar-refractivity contribution is -0.148. The van der Waals surface area contributed by atoms with E-state index in [4.69, 9.17) is 0 Å². The van der Waals surface area contributed by atoms with Crippen LogP contribution >= 0.6 is 0 Å². The van der Waals surface area contributed by atoms with Gasteiger partial charge in [-0.2, -0.15) is 0 Å². The van der Waals surface area contributed by atoms with Crippen LogP contribution in [0.25, 0.3) is 0 Å². The summed E-state index contributed by atoms with van der Waals surface area (Å²) in [6, 6.07) is 0. The fourth-order valence-corrected chi connectivity index (χ4v) is 3.17. The Bertz CT molecular complexity index is 415. The molecule has 1 unspecified atom stereocenters. The fourth-order valence-electron chi connectivity index (χ4n) is 3.17. The van der Waals surface area contributed by atoms with Crippen molar-refractivity contribution in [2.75, 3.05) is 19.6 Å². The number of amides is 2. The quantitative estimate of drug-likeness (QED) is 0.773. The van der Waals surface area contributed by atoms with Gasteiger partial charge in [0.25, 0.3) is 0 Å². The summed E-state index contributed by atoms with van der Waals surface area (Å²) in [5.41, 5.74) is -0.803. The SMILES string of the molecule is CCN1CC(C(=O)NCC2(C(=O)O)CCCC2)CC1=O. The molecule has 1 atom stereocenters. The first-order valence-corrected chi connectivity index (χ1v) is 7.27. The minimum absolute atomic E-state index is 0.00136. The van der Waals surface area contributed by atoms with Crippen LogP contribution in [0.5, 0.6) is 0 Å². The molecule has 0 spiro atoms. The standard InChI is InChI=1S/C14H22N2O4/c1-2-16-8-10(7-11(16)17)12(18)15-9-14(13(19)20)5-3-4-6-14/h10H,2-9H2,1H3,(H,15,18)(H,19,20). The van der Waals surface area contributed by atoms with Gasteiger partial charge in [-0.1, -0.05) is 12.8 Å². The van der Waals surface area contributed by atoms with Gasteiger partial charge in [0, 0.05) is 26.1 Å². The molecule has 6 nitrogen and oxygen atoms in total. The van der Waals surface area contributed by atoms with Crippen LogP contribution in [0.4, 0.5) is 0 Å². The third kappa shape index (κ3) is 2.78. The van der Waals surface area contributed by atoms with Gasteiger partial charge in [-0.15, -0.1) is 0 Å². The van der Waals surface area contributed by atoms with E-state index in [9.17, 15) is 19.5 Å². The lowest BCUT2D eigenvalue weighted by Gasteiger charge is -2.24. The van der Waals surface area contributed by atoms with Crippen LogP contribution in [0.1, 0.15) is 39.0 Å². The maximum atomic E-state index is 12.1. The molecule has 0 aromatic rings. The average molecular weight is 282 g/mol. The molecule has 0 bridgehead atoms. The van der Waals surface area contributed by atoms with E-state index in [1.807, 2.05) is 6.92 Å². The van der Waals surface area contributed by atoms with Gasteiger partial charge in [0.15, 0.2) is 0 Å². The van der Waals surface area contributed by atoms with Crippen LogP contribution in [0.2, 0.25) is 0 Å². The van der Waals surface area contributed by atoms with E-state index in [1.165, 1.54) is 0 Å². The van der Waals surface area contributed by atoms with Crippen molar-refractivity contribution in [3.8, 4) is 0 Å². The normalized spacial score (nSPS) is 24.9. The fraction of sp³-hybridized carbons (Fsp3) is 0.786. The summed E-state index contributed by atoms with van der Waals surface area (Å²) in [6.45, 7) is 3.12. The van der Waals surface area contributed by atoms with E-state index in [0.717, 1.165) is 12.8 Å². The highest BCUT2D eigenvalue weighted by atomic mass is 16.4. The number of hydrogen-bond donors (Lipinski definition) is 2. The summed E-state index contributed by atoms with van der Waals surface area (Å²) in [5, 5.41) is 12.1. The molecule has 112 valence electrons. The molecule has 1 aliphatic carbocycles. The van der Waals surface area contributed by atoms with E-state index in [1.54, 1.807) is 4.90 Å². The number of carboxylic acids is 1. The van der Waals surface area contributed by atoms with Crippen LogP contribution in [-0.2, 0) is 14.4 Å². The molecule has 2 N–H and O–H groups in total. The molecule has 1 saturated carbocycles. The Balaban J connectivity index is 1.89. The molecule has 2 rings (SSSR count). The number of carbonyl (C=O) groups is 3. The van der Waals surface area contributed by atoms with Gasteiger partial charge in [-0.3, -0.25) is 14.4 Å². The van der Waals surface area contributed by atoms with Crippen LogP contribution < -0.4 is 5.32 Å². The zero-order chi connectivity index (χ0) is 14.8. The van der Waals surface area contributed by atoms with Crippen molar-refractivity contribution in [1.29, 1.82) is 0 Å². The Morgan fingerprint density at radius 2 is 2.05 bits per heavy atom. The minimum Gasteiger partial charge on any atom is -0.481 e. The molecule has 1 heterocycles. The van der Waals surface area contributed by atoms with Gasteiger partial charge < -0.3 is 15.3 Å². The average Bonchev–Trinajstić information content (AvgIpc) is 3.03. The van der Waals surface area contributed by atoms with Gasteiger partial charge >= 0.3 is 5.97 Å². The van der Waals surface area contributed by atoms with E-state index in [2.05, 4.69) is 5.32 Å². The van der Waals surface area contributed by atoms with Crippen LogP contribution in [0.3, 0.4) is 0 Å². The van der Waals surface area contributed by atoms with Gasteiger partial charge in [-0.05, 0) is 19.8 Å². The summed E-state index contributed by atoms with van der Waals surface area (Å²) in [7, 11) is 0. The van der Waals surface area contributed by atoms with Gasteiger partial charge in [0.1, 0.15) is 0 Å². The Hall–Kier alpha value is -1.59. The van der Waals surface area contributed by atoms with E-state index >= 15 is 0 Å². The van der Waals surface area contributed by atoms with Crippen molar-refractivity contribution in [2.24, 2.45) is 11.3 Å². The van der Waals surface area contributed by atoms with Gasteiger partial charge in [0.05, 0.1) is 11.3 Å². The first-order chi connectivity index (χ1) is 9.48. The highest BCUT2D eigenvalue weighted by Crippen LogP contribution is 2.37. The minimum atomic E-state index is -0.826. The van der Waals surface area contributed by atoms with E-state index in [0.29, 0.717) is 25.9 Å². The first-order valence-electron chi connectivity index (χ1n) is 7.27. The number of nitrogens with one attached hydrogen (secondary N) is 1. The topological polar surface area (TPSA) is 86.7 Å². The molecule has 20 heavy (non-hydrogen) atoms. The monoisotopic (exact) mass is 282 g/mol. The first kappa shape index (κ1) is 14.8. The molecular weight excluding hydrogens is 260 g/mol. The van der Waals surface area contributed by atoms with Gasteiger partial charge in [-0.25, -0.2) is 0 Å². The second-order valence-electron chi connectivity index (χ2n) is 5.84. The summed E-state index contributed by atoms with van der Waals surface area (Å²) < 4.78 is 0. The van der Waals surface area contributed by atoms with Crippen LogP contribution in [-0.4, -0.2) is 47.4 Å². The zero-order valence-corrected chi connectivity index (χ0v) is 11.9. The highest BCUT2D eigenvalue weighted by Gasteiger charge is 2.42. The number of aliphatic carboxylic acids is 1. The second-order valence-corrected chi connectivity index (χ2v) is 5.84. The Morgan fingerprint density at radius 3 is 2.55 bits per heavy atom. The molecule has 1 aliphatic heterocycles. The highest BCUT2D eigenvalue weighted by molar-refractivity contribution is 5.89. The van der Waals surface area contributed by atoms with Crippen LogP contribution in [0.15, 0.2) is 0 Å². The zero-order valence-electron chi connectivity index (χ0n) is 11.9. The molecular formula is C14H22N2O4. The number of rotatable bonds is 5. The van der Waals surface area contributed by atoms with Crippen molar-refractivity contribution in [3.63, 3.8) is 0 Å². The third-order valence-corrected chi connectivity index (χ3v) is 4.58. The van der Waals surface area contributed by atoms with Crippen molar-refractivity contribution in [3.05, 3.63) is 0 Å². The summed E-state index contributed by atoms with van der Waals surface area (Å²) in [5.74, 6) is -1.36. The maximum Gasteiger partial charge on any atom is 0.311 e. The Kier molecular flexibility index (Phi) is 4.30. The third-order valence-electron chi connectivity index (χ3n) is 4.58. The molecule has 0 aromatic carbocycles. The molecule has 2 amide bonds. The predicted molar refractivity (Wildman–Crippen MR) is 71.9 cm³/mol. The van der Waals surface area contributed by atoms with Crippen molar-refractivity contribution in [2.45, 2.75) is 39.0 Å². The van der Waals surface area contributed by atoms with Gasteiger partial charge in [0.2, 0.25) is 11.8 Å².